The highest BCUT2D eigenvalue weighted by Crippen LogP contribution is 2.21. The SMILES string of the molecule is CC(=O)Nc1nc(CCc2ccc(CC(=O)NC3CCN(C(=O)O)CC3)s2)cs1. The Kier molecular flexibility index (Phi) is 7.21. The Morgan fingerprint density at radius 1 is 1.21 bits per heavy atom. The van der Waals surface area contributed by atoms with Crippen LogP contribution in [0.15, 0.2) is 17.5 Å². The van der Waals surface area contributed by atoms with Crippen molar-refractivity contribution < 1.29 is 19.5 Å². The minimum absolute atomic E-state index is 0.0216. The number of nitrogens with one attached hydrogen (secondary N) is 2. The van der Waals surface area contributed by atoms with Crippen molar-refractivity contribution >= 4 is 45.7 Å². The molecule has 1 aliphatic rings. The summed E-state index contributed by atoms with van der Waals surface area (Å²) in [6.45, 7) is 2.39. The zero-order valence-corrected chi connectivity index (χ0v) is 17.8. The molecule has 0 saturated carbocycles. The minimum Gasteiger partial charge on any atom is -0.465 e. The Labute approximate surface area is 177 Å². The average molecular weight is 437 g/mol. The van der Waals surface area contributed by atoms with Gasteiger partial charge in [-0.3, -0.25) is 9.59 Å². The van der Waals surface area contributed by atoms with Gasteiger partial charge in [-0.15, -0.1) is 22.7 Å². The van der Waals surface area contributed by atoms with Gasteiger partial charge in [0.05, 0.1) is 12.1 Å². The van der Waals surface area contributed by atoms with E-state index in [1.54, 1.807) is 11.3 Å². The van der Waals surface area contributed by atoms with Crippen LogP contribution in [-0.2, 0) is 28.9 Å². The molecular formula is C19H24N4O4S2. The number of aryl methyl sites for hydroxylation is 2. The highest BCUT2D eigenvalue weighted by Gasteiger charge is 2.23. The minimum atomic E-state index is -0.898. The van der Waals surface area contributed by atoms with Gasteiger partial charge in [-0.2, -0.15) is 0 Å². The van der Waals surface area contributed by atoms with Crippen LogP contribution in [0.2, 0.25) is 0 Å². The fourth-order valence-corrected chi connectivity index (χ4v) is 4.99. The molecule has 1 saturated heterocycles. The Hall–Kier alpha value is -2.46. The number of rotatable bonds is 7. The van der Waals surface area contributed by atoms with Gasteiger partial charge in [0.15, 0.2) is 5.13 Å². The number of nitrogens with zero attached hydrogens (tertiary/aromatic N) is 2. The van der Waals surface area contributed by atoms with E-state index in [-0.39, 0.29) is 17.9 Å². The van der Waals surface area contributed by atoms with Crippen LogP contribution in [0.5, 0.6) is 0 Å². The molecule has 2 aromatic rings. The predicted molar refractivity (Wildman–Crippen MR) is 113 cm³/mol. The number of anilines is 1. The van der Waals surface area contributed by atoms with Crippen molar-refractivity contribution in [2.75, 3.05) is 18.4 Å². The second-order valence-electron chi connectivity index (χ2n) is 6.98. The standard InChI is InChI=1S/C19H24N4O4S2/c1-12(24)20-18-22-14(11-28-18)2-3-15-4-5-16(29-15)10-17(25)21-13-6-8-23(9-7-13)19(26)27/h4-5,11,13H,2-3,6-10H2,1H3,(H,21,25)(H,26,27)(H,20,22,24). The van der Waals surface area contributed by atoms with E-state index in [1.807, 2.05) is 17.5 Å². The molecular weight excluding hydrogens is 412 g/mol. The van der Waals surface area contributed by atoms with Crippen LogP contribution >= 0.6 is 22.7 Å². The van der Waals surface area contributed by atoms with E-state index < -0.39 is 6.09 Å². The van der Waals surface area contributed by atoms with E-state index in [0.29, 0.717) is 37.5 Å². The third kappa shape index (κ3) is 6.53. The van der Waals surface area contributed by atoms with E-state index in [0.717, 1.165) is 23.4 Å². The van der Waals surface area contributed by atoms with Crippen molar-refractivity contribution in [3.05, 3.63) is 33.0 Å². The Balaban J connectivity index is 1.41. The molecule has 8 nitrogen and oxygen atoms in total. The Morgan fingerprint density at radius 3 is 2.62 bits per heavy atom. The maximum absolute atomic E-state index is 12.3. The van der Waals surface area contributed by atoms with Gasteiger partial charge in [0.2, 0.25) is 11.8 Å². The third-order valence-corrected chi connectivity index (χ3v) is 6.60. The van der Waals surface area contributed by atoms with Crippen LogP contribution in [0.25, 0.3) is 0 Å². The topological polar surface area (TPSA) is 112 Å². The van der Waals surface area contributed by atoms with Gasteiger partial charge < -0.3 is 20.6 Å². The van der Waals surface area contributed by atoms with Crippen LogP contribution < -0.4 is 10.6 Å². The first-order valence-electron chi connectivity index (χ1n) is 9.46. The lowest BCUT2D eigenvalue weighted by molar-refractivity contribution is -0.121. The van der Waals surface area contributed by atoms with Crippen molar-refractivity contribution in [3.63, 3.8) is 0 Å². The van der Waals surface area contributed by atoms with Crippen LogP contribution in [0, 0.1) is 0 Å². The van der Waals surface area contributed by atoms with Gasteiger partial charge in [-0.05, 0) is 37.8 Å². The smallest absolute Gasteiger partial charge is 0.407 e. The fraction of sp³-hybridized carbons (Fsp3) is 0.474. The lowest BCUT2D eigenvalue weighted by Crippen LogP contribution is -2.46. The third-order valence-electron chi connectivity index (χ3n) is 4.64. The first kappa shape index (κ1) is 21.3. The molecule has 3 N–H and O–H groups in total. The number of carboxylic acid groups (broad SMARTS) is 1. The monoisotopic (exact) mass is 436 g/mol. The lowest BCUT2D eigenvalue weighted by atomic mass is 10.1. The second kappa shape index (κ2) is 9.84. The summed E-state index contributed by atoms with van der Waals surface area (Å²) < 4.78 is 0. The molecule has 1 aliphatic heterocycles. The highest BCUT2D eigenvalue weighted by atomic mass is 32.1. The van der Waals surface area contributed by atoms with E-state index in [1.165, 1.54) is 28.0 Å². The zero-order valence-electron chi connectivity index (χ0n) is 16.1. The second-order valence-corrected chi connectivity index (χ2v) is 9.09. The van der Waals surface area contributed by atoms with Crippen molar-refractivity contribution in [2.45, 2.75) is 45.1 Å². The molecule has 0 atom stereocenters. The fourth-order valence-electron chi connectivity index (χ4n) is 3.18. The summed E-state index contributed by atoms with van der Waals surface area (Å²) in [6, 6.07) is 4.07. The largest absolute Gasteiger partial charge is 0.465 e. The first-order valence-corrected chi connectivity index (χ1v) is 11.2. The molecule has 3 rings (SSSR count). The molecule has 3 amide bonds. The van der Waals surface area contributed by atoms with Gasteiger partial charge >= 0.3 is 6.09 Å². The van der Waals surface area contributed by atoms with Crippen LogP contribution in [0.3, 0.4) is 0 Å². The van der Waals surface area contributed by atoms with Crippen molar-refractivity contribution in [3.8, 4) is 0 Å². The molecule has 0 aromatic carbocycles. The van der Waals surface area contributed by atoms with E-state index in [2.05, 4.69) is 15.6 Å². The molecule has 0 unspecified atom stereocenters. The van der Waals surface area contributed by atoms with E-state index in [4.69, 9.17) is 5.11 Å². The van der Waals surface area contributed by atoms with Crippen molar-refractivity contribution in [2.24, 2.45) is 0 Å². The number of carbonyl (C=O) groups is 3. The Bertz CT molecular complexity index is 871. The number of hydrogen-bond acceptors (Lipinski definition) is 6. The summed E-state index contributed by atoms with van der Waals surface area (Å²) in [4.78, 5) is 42.3. The number of carbonyl (C=O) groups excluding carboxylic acids is 2. The summed E-state index contributed by atoms with van der Waals surface area (Å²) in [7, 11) is 0. The number of thiazole rings is 1. The predicted octanol–water partition coefficient (Wildman–Crippen LogP) is 2.75. The number of piperidine rings is 1. The number of aromatic nitrogens is 1. The van der Waals surface area contributed by atoms with Gasteiger partial charge in [0.1, 0.15) is 0 Å². The van der Waals surface area contributed by atoms with Gasteiger partial charge in [0, 0.05) is 41.2 Å². The van der Waals surface area contributed by atoms with Crippen molar-refractivity contribution in [1.29, 1.82) is 0 Å². The Morgan fingerprint density at radius 2 is 1.93 bits per heavy atom. The summed E-state index contributed by atoms with van der Waals surface area (Å²) >= 11 is 3.04. The maximum atomic E-state index is 12.3. The van der Waals surface area contributed by atoms with Crippen LogP contribution in [0.4, 0.5) is 9.93 Å². The molecule has 2 aromatic heterocycles. The van der Waals surface area contributed by atoms with Gasteiger partial charge in [-0.25, -0.2) is 9.78 Å². The average Bonchev–Trinajstić information content (AvgIpc) is 3.29. The molecule has 29 heavy (non-hydrogen) atoms. The number of amides is 3. The lowest BCUT2D eigenvalue weighted by Gasteiger charge is -2.30. The molecule has 0 spiro atoms. The number of thiophene rings is 1. The van der Waals surface area contributed by atoms with Crippen molar-refractivity contribution in [1.82, 2.24) is 15.2 Å². The summed E-state index contributed by atoms with van der Waals surface area (Å²) in [5.74, 6) is -0.147. The van der Waals surface area contributed by atoms with Crippen LogP contribution in [0.1, 0.15) is 35.2 Å². The van der Waals surface area contributed by atoms with Gasteiger partial charge in [0.25, 0.3) is 0 Å². The van der Waals surface area contributed by atoms with Crippen LogP contribution in [-0.4, -0.2) is 52.0 Å². The molecule has 0 radical (unpaired) electrons. The molecule has 1 fully saturated rings. The van der Waals surface area contributed by atoms with E-state index >= 15 is 0 Å². The molecule has 10 heteroatoms. The quantitative estimate of drug-likeness (QED) is 0.618. The number of hydrogen-bond donors (Lipinski definition) is 3. The zero-order chi connectivity index (χ0) is 20.8. The molecule has 3 heterocycles. The summed E-state index contributed by atoms with van der Waals surface area (Å²) in [5, 5.41) is 17.2. The maximum Gasteiger partial charge on any atom is 0.407 e. The number of likely N-dealkylation sites (tertiary alicyclic amines) is 1. The summed E-state index contributed by atoms with van der Waals surface area (Å²) in [5.41, 5.74) is 0.944. The molecule has 156 valence electrons. The van der Waals surface area contributed by atoms with E-state index in [9.17, 15) is 14.4 Å². The molecule has 0 bridgehead atoms. The van der Waals surface area contributed by atoms with Gasteiger partial charge in [-0.1, -0.05) is 0 Å². The molecule has 0 aliphatic carbocycles. The highest BCUT2D eigenvalue weighted by molar-refractivity contribution is 7.14. The summed E-state index contributed by atoms with van der Waals surface area (Å²) in [6.07, 6.45) is 2.37. The normalized spacial score (nSPS) is 14.6. The first-order chi connectivity index (χ1) is 13.9.